The van der Waals surface area contributed by atoms with Crippen molar-refractivity contribution in [3.63, 3.8) is 0 Å². The number of carbonyl (C=O) groups is 1. The molecule has 1 nitrogen and oxygen atoms in total. The van der Waals surface area contributed by atoms with Gasteiger partial charge in [-0.2, -0.15) is 26.3 Å². The quantitative estimate of drug-likeness (QED) is 0.450. The Morgan fingerprint density at radius 3 is 1.00 bits per heavy atom. The standard InChI is InChI=1S/C3F6O.Fe/c4-2(5,6)1(10)3(7,8)9;. The van der Waals surface area contributed by atoms with E-state index >= 15 is 0 Å². The molecule has 0 saturated heterocycles. The molecule has 0 unspecified atom stereocenters. The first kappa shape index (κ1) is 13.4. The fraction of sp³-hybridized carbons (Fsp3) is 0.667. The van der Waals surface area contributed by atoms with E-state index in [1.165, 1.54) is 0 Å². The molecule has 0 aromatic rings. The van der Waals surface area contributed by atoms with Crippen LogP contribution in [0.3, 0.4) is 0 Å². The van der Waals surface area contributed by atoms with Crippen LogP contribution in [0, 0.1) is 0 Å². The van der Waals surface area contributed by atoms with Crippen LogP contribution in [0.2, 0.25) is 0 Å². The third-order valence-corrected chi connectivity index (χ3v) is 0.515. The zero-order valence-corrected chi connectivity index (χ0v) is 5.63. The third kappa shape index (κ3) is 4.26. The SMILES string of the molecule is O=C(C(F)(F)F)C(F)(F)F.[Fe]. The van der Waals surface area contributed by atoms with Crippen LogP contribution in [0.4, 0.5) is 26.3 Å². The van der Waals surface area contributed by atoms with Crippen LogP contribution in [0.25, 0.3) is 0 Å². The maximum absolute atomic E-state index is 10.9. The average molecular weight is 222 g/mol. The van der Waals surface area contributed by atoms with Crippen molar-refractivity contribution in [1.82, 2.24) is 0 Å². The summed E-state index contributed by atoms with van der Waals surface area (Å²) < 4.78 is 65.3. The van der Waals surface area contributed by atoms with Gasteiger partial charge in [0.1, 0.15) is 0 Å². The Morgan fingerprint density at radius 2 is 1.00 bits per heavy atom. The molecular formula is C3F6FeO. The molecule has 8 heteroatoms. The zero-order valence-electron chi connectivity index (χ0n) is 4.53. The normalized spacial score (nSPS) is 12.2. The van der Waals surface area contributed by atoms with Crippen molar-refractivity contribution in [2.45, 2.75) is 12.4 Å². The Kier molecular flexibility index (Phi) is 4.18. The predicted molar refractivity (Wildman–Crippen MR) is 17.1 cm³/mol. The summed E-state index contributed by atoms with van der Waals surface area (Å²) in [7, 11) is 0. The molecule has 0 atom stereocenters. The summed E-state index contributed by atoms with van der Waals surface area (Å²) in [4.78, 5) is 9.24. The molecule has 0 heterocycles. The van der Waals surface area contributed by atoms with Crippen molar-refractivity contribution in [2.24, 2.45) is 0 Å². The predicted octanol–water partition coefficient (Wildman–Crippen LogP) is 1.68. The van der Waals surface area contributed by atoms with E-state index in [-0.39, 0.29) is 17.1 Å². The van der Waals surface area contributed by atoms with Crippen LogP contribution in [0.1, 0.15) is 0 Å². The van der Waals surface area contributed by atoms with E-state index in [0.717, 1.165) is 0 Å². The van der Waals surface area contributed by atoms with Crippen LogP contribution in [-0.4, -0.2) is 18.1 Å². The Balaban J connectivity index is 0. The first-order chi connectivity index (χ1) is 4.15. The van der Waals surface area contributed by atoms with Crippen molar-refractivity contribution in [2.75, 3.05) is 0 Å². The van der Waals surface area contributed by atoms with E-state index < -0.39 is 18.1 Å². The number of Topliss-reactive ketones (excluding diaryl/α,β-unsaturated/α-hetero) is 1. The Labute approximate surface area is 67.2 Å². The van der Waals surface area contributed by atoms with Gasteiger partial charge in [0.05, 0.1) is 0 Å². The first-order valence-corrected chi connectivity index (χ1v) is 1.84. The molecule has 0 spiro atoms. The molecule has 0 aromatic heterocycles. The summed E-state index contributed by atoms with van der Waals surface area (Å²) in [6, 6.07) is 0. The van der Waals surface area contributed by atoms with Crippen molar-refractivity contribution >= 4 is 5.78 Å². The van der Waals surface area contributed by atoms with E-state index in [0.29, 0.717) is 0 Å². The minimum atomic E-state index is -5.82. The fourth-order valence-electron chi connectivity index (χ4n) is 0.161. The number of hydrogen-bond donors (Lipinski definition) is 0. The molecule has 68 valence electrons. The van der Waals surface area contributed by atoms with Gasteiger partial charge in [-0.1, -0.05) is 0 Å². The molecule has 0 fully saturated rings. The summed E-state index contributed by atoms with van der Waals surface area (Å²) >= 11 is 0. The number of alkyl halides is 6. The van der Waals surface area contributed by atoms with Crippen molar-refractivity contribution < 1.29 is 48.2 Å². The topological polar surface area (TPSA) is 17.1 Å². The number of ketones is 1. The average Bonchev–Trinajstić information content (AvgIpc) is 1.59. The second-order valence-electron chi connectivity index (χ2n) is 1.32. The maximum atomic E-state index is 10.9. The molecule has 0 rings (SSSR count). The van der Waals surface area contributed by atoms with E-state index in [2.05, 4.69) is 0 Å². The number of halogens is 6. The Hall–Kier alpha value is -0.231. The molecule has 0 aromatic carbocycles. The molecule has 11 heavy (non-hydrogen) atoms. The van der Waals surface area contributed by atoms with Gasteiger partial charge in [-0.25, -0.2) is 0 Å². The smallest absolute Gasteiger partial charge is 0.279 e. The Bertz CT molecular complexity index is 129. The first-order valence-electron chi connectivity index (χ1n) is 1.84. The largest absolute Gasteiger partial charge is 0.459 e. The molecule has 0 aliphatic carbocycles. The van der Waals surface area contributed by atoms with Gasteiger partial charge in [0.25, 0.3) is 0 Å². The Morgan fingerprint density at radius 1 is 0.818 bits per heavy atom. The van der Waals surface area contributed by atoms with Crippen LogP contribution in [0.5, 0.6) is 0 Å². The molecule has 0 bridgehead atoms. The third-order valence-electron chi connectivity index (χ3n) is 0.515. The molecular weight excluding hydrogens is 222 g/mol. The number of carbonyl (C=O) groups excluding carboxylic acids is 1. The fourth-order valence-corrected chi connectivity index (χ4v) is 0.161. The van der Waals surface area contributed by atoms with Crippen LogP contribution in [0.15, 0.2) is 0 Å². The van der Waals surface area contributed by atoms with Crippen LogP contribution < -0.4 is 0 Å². The second kappa shape index (κ2) is 3.44. The molecule has 0 saturated carbocycles. The molecule has 0 radical (unpaired) electrons. The van der Waals surface area contributed by atoms with E-state index in [4.69, 9.17) is 0 Å². The van der Waals surface area contributed by atoms with Gasteiger partial charge in [-0.15, -0.1) is 0 Å². The summed E-state index contributed by atoms with van der Waals surface area (Å²) in [6.07, 6.45) is -11.6. The van der Waals surface area contributed by atoms with E-state index in [1.807, 2.05) is 0 Å². The van der Waals surface area contributed by atoms with Gasteiger partial charge >= 0.3 is 18.1 Å². The second-order valence-corrected chi connectivity index (χ2v) is 1.32. The van der Waals surface area contributed by atoms with E-state index in [1.54, 1.807) is 0 Å². The zero-order chi connectivity index (χ0) is 8.58. The van der Waals surface area contributed by atoms with Gasteiger partial charge in [0.2, 0.25) is 0 Å². The van der Waals surface area contributed by atoms with Crippen molar-refractivity contribution in [3.05, 3.63) is 0 Å². The van der Waals surface area contributed by atoms with E-state index in [9.17, 15) is 31.1 Å². The van der Waals surface area contributed by atoms with Gasteiger partial charge in [-0.05, 0) is 0 Å². The van der Waals surface area contributed by atoms with Crippen molar-refractivity contribution in [3.8, 4) is 0 Å². The minimum Gasteiger partial charge on any atom is -0.279 e. The molecule has 0 aliphatic rings. The minimum absolute atomic E-state index is 0. The van der Waals surface area contributed by atoms with Crippen LogP contribution >= 0.6 is 0 Å². The molecule has 0 N–H and O–H groups in total. The summed E-state index contributed by atoms with van der Waals surface area (Å²) in [6.45, 7) is 0. The van der Waals surface area contributed by atoms with Gasteiger partial charge in [-0.3, -0.25) is 4.79 Å². The van der Waals surface area contributed by atoms with Crippen LogP contribution in [-0.2, 0) is 21.9 Å². The van der Waals surface area contributed by atoms with Gasteiger partial charge < -0.3 is 0 Å². The van der Waals surface area contributed by atoms with Crippen molar-refractivity contribution in [1.29, 1.82) is 0 Å². The molecule has 0 amide bonds. The number of rotatable bonds is 0. The maximum Gasteiger partial charge on any atom is 0.459 e. The summed E-state index contributed by atoms with van der Waals surface area (Å²) in [5.74, 6) is -3.68. The molecule has 0 aliphatic heterocycles. The monoisotopic (exact) mass is 222 g/mol. The summed E-state index contributed by atoms with van der Waals surface area (Å²) in [5.41, 5.74) is 0. The summed E-state index contributed by atoms with van der Waals surface area (Å²) in [5, 5.41) is 0. The number of hydrogen-bond acceptors (Lipinski definition) is 1. The van der Waals surface area contributed by atoms with Gasteiger partial charge in [0.15, 0.2) is 0 Å². The van der Waals surface area contributed by atoms with Gasteiger partial charge in [0, 0.05) is 17.1 Å².